The fourth-order valence-corrected chi connectivity index (χ4v) is 3.71. The summed E-state index contributed by atoms with van der Waals surface area (Å²) in [4.78, 5) is 12.1. The van der Waals surface area contributed by atoms with Crippen molar-refractivity contribution in [3.63, 3.8) is 0 Å². The highest BCUT2D eigenvalue weighted by molar-refractivity contribution is 5.76. The fourth-order valence-electron chi connectivity index (χ4n) is 3.71. The Bertz CT molecular complexity index is 541. The molecule has 0 radical (unpaired) electrons. The molecule has 2 atom stereocenters. The van der Waals surface area contributed by atoms with Crippen molar-refractivity contribution >= 4 is 5.91 Å². The second-order valence-electron chi connectivity index (χ2n) is 6.48. The number of halogens is 2. The van der Waals surface area contributed by atoms with Crippen LogP contribution in [-0.4, -0.2) is 24.6 Å². The van der Waals surface area contributed by atoms with Gasteiger partial charge in [-0.3, -0.25) is 4.79 Å². The average molecular weight is 324 g/mol. The maximum absolute atomic E-state index is 12.2. The normalized spacial score (nSPS) is 26.3. The van der Waals surface area contributed by atoms with E-state index in [-0.39, 0.29) is 11.7 Å². The van der Waals surface area contributed by atoms with Crippen molar-refractivity contribution in [2.24, 2.45) is 5.92 Å². The van der Waals surface area contributed by atoms with E-state index in [1.54, 1.807) is 12.1 Å². The monoisotopic (exact) mass is 324 g/mol. The molecule has 2 aliphatic heterocycles. The van der Waals surface area contributed by atoms with Crippen LogP contribution >= 0.6 is 0 Å². The van der Waals surface area contributed by atoms with E-state index >= 15 is 0 Å². The van der Waals surface area contributed by atoms with E-state index in [1.165, 1.54) is 25.0 Å². The van der Waals surface area contributed by atoms with Crippen molar-refractivity contribution in [2.45, 2.75) is 57.3 Å². The van der Waals surface area contributed by atoms with Gasteiger partial charge < -0.3 is 15.4 Å². The second-order valence-corrected chi connectivity index (χ2v) is 6.48. The molecule has 0 aromatic heterocycles. The Morgan fingerprint density at radius 3 is 2.74 bits per heavy atom. The lowest BCUT2D eigenvalue weighted by Crippen LogP contribution is -2.39. The smallest absolute Gasteiger partial charge is 0.387 e. The lowest BCUT2D eigenvalue weighted by atomic mass is 9.89. The third-order valence-corrected chi connectivity index (χ3v) is 4.66. The number of carbonyl (C=O) groups excluding carboxylic acids is 1. The van der Waals surface area contributed by atoms with Gasteiger partial charge in [0.15, 0.2) is 0 Å². The zero-order valence-corrected chi connectivity index (χ0v) is 12.9. The van der Waals surface area contributed by atoms with Crippen molar-refractivity contribution in [2.75, 3.05) is 0 Å². The molecule has 6 heteroatoms. The standard InChI is InChI=1S/C17H22F2N2O2/c18-17(19)23-15-3-1-2-11(8-15)10-20-16(22)9-12-6-13-4-5-14(7-12)21-13/h1-3,8,12-14,17,21H,4-7,9-10H2,(H,20,22). The molecule has 0 saturated carbocycles. The van der Waals surface area contributed by atoms with Crippen LogP contribution in [0.25, 0.3) is 0 Å². The maximum atomic E-state index is 12.2. The van der Waals surface area contributed by atoms with Crippen molar-refractivity contribution in [3.05, 3.63) is 29.8 Å². The second kappa shape index (κ2) is 7.25. The van der Waals surface area contributed by atoms with Crippen LogP contribution in [0.5, 0.6) is 5.75 Å². The van der Waals surface area contributed by atoms with Crippen molar-refractivity contribution in [1.29, 1.82) is 0 Å². The minimum absolute atomic E-state index is 0.0245. The van der Waals surface area contributed by atoms with Crippen molar-refractivity contribution in [1.82, 2.24) is 10.6 Å². The SMILES string of the molecule is O=C(CC1CC2CCC(C1)N2)NCc1cccc(OC(F)F)c1. The van der Waals surface area contributed by atoms with Crippen LogP contribution in [0.4, 0.5) is 8.78 Å². The number of carbonyl (C=O) groups is 1. The van der Waals surface area contributed by atoms with Crippen molar-refractivity contribution < 1.29 is 18.3 Å². The Morgan fingerprint density at radius 1 is 1.30 bits per heavy atom. The average Bonchev–Trinajstić information content (AvgIpc) is 2.84. The topological polar surface area (TPSA) is 50.4 Å². The van der Waals surface area contributed by atoms with Gasteiger partial charge in [0.05, 0.1) is 0 Å². The number of ether oxygens (including phenoxy) is 1. The van der Waals surface area contributed by atoms with Gasteiger partial charge in [-0.05, 0) is 49.3 Å². The summed E-state index contributed by atoms with van der Waals surface area (Å²) in [7, 11) is 0. The first kappa shape index (κ1) is 16.2. The number of alkyl halides is 2. The molecule has 2 N–H and O–H groups in total. The Morgan fingerprint density at radius 2 is 2.04 bits per heavy atom. The molecule has 1 aromatic rings. The quantitative estimate of drug-likeness (QED) is 0.846. The molecular formula is C17H22F2N2O2. The molecule has 2 unspecified atom stereocenters. The van der Waals surface area contributed by atoms with E-state index in [4.69, 9.17) is 0 Å². The third-order valence-electron chi connectivity index (χ3n) is 4.66. The summed E-state index contributed by atoms with van der Waals surface area (Å²) in [5.41, 5.74) is 0.752. The summed E-state index contributed by atoms with van der Waals surface area (Å²) < 4.78 is 28.8. The molecule has 23 heavy (non-hydrogen) atoms. The molecule has 4 nitrogen and oxygen atoms in total. The minimum atomic E-state index is -2.84. The minimum Gasteiger partial charge on any atom is -0.435 e. The molecular weight excluding hydrogens is 302 g/mol. The van der Waals surface area contributed by atoms with E-state index in [9.17, 15) is 13.6 Å². The molecule has 2 aliphatic rings. The summed E-state index contributed by atoms with van der Waals surface area (Å²) >= 11 is 0. The number of fused-ring (bicyclic) bond motifs is 2. The van der Waals surface area contributed by atoms with Gasteiger partial charge in [0.2, 0.25) is 5.91 Å². The van der Waals surface area contributed by atoms with E-state index < -0.39 is 6.61 Å². The highest BCUT2D eigenvalue weighted by atomic mass is 19.3. The van der Waals surface area contributed by atoms with Gasteiger partial charge in [0.25, 0.3) is 0 Å². The lowest BCUT2D eigenvalue weighted by molar-refractivity contribution is -0.122. The number of hydrogen-bond acceptors (Lipinski definition) is 3. The van der Waals surface area contributed by atoms with Crippen molar-refractivity contribution in [3.8, 4) is 5.75 Å². The maximum Gasteiger partial charge on any atom is 0.387 e. The fraction of sp³-hybridized carbons (Fsp3) is 0.588. The van der Waals surface area contributed by atoms with Gasteiger partial charge in [-0.2, -0.15) is 8.78 Å². The first-order valence-corrected chi connectivity index (χ1v) is 8.15. The van der Waals surface area contributed by atoms with Gasteiger partial charge in [0, 0.05) is 25.0 Å². The summed E-state index contributed by atoms with van der Waals surface area (Å²) in [5.74, 6) is 0.584. The Balaban J connectivity index is 1.45. The Kier molecular flexibility index (Phi) is 5.10. The predicted octanol–water partition coefficient (Wildman–Crippen LogP) is 2.82. The van der Waals surface area contributed by atoms with E-state index in [0.717, 1.165) is 18.4 Å². The number of hydrogen-bond donors (Lipinski definition) is 2. The van der Waals surface area contributed by atoms with E-state index in [1.807, 2.05) is 0 Å². The first-order valence-electron chi connectivity index (χ1n) is 8.15. The van der Waals surface area contributed by atoms with Gasteiger partial charge in [-0.25, -0.2) is 0 Å². The number of piperidine rings is 1. The molecule has 3 rings (SSSR count). The number of amides is 1. The highest BCUT2D eigenvalue weighted by Gasteiger charge is 2.34. The summed E-state index contributed by atoms with van der Waals surface area (Å²) in [6.07, 6.45) is 5.13. The summed E-state index contributed by atoms with van der Waals surface area (Å²) in [6.45, 7) is -2.51. The molecule has 2 heterocycles. The molecule has 1 amide bonds. The number of rotatable bonds is 6. The molecule has 2 saturated heterocycles. The van der Waals surface area contributed by atoms with Gasteiger partial charge in [0.1, 0.15) is 5.75 Å². The zero-order valence-electron chi connectivity index (χ0n) is 12.9. The molecule has 0 spiro atoms. The van der Waals surface area contributed by atoms with Crippen LogP contribution in [0.1, 0.15) is 37.7 Å². The third kappa shape index (κ3) is 4.64. The van der Waals surface area contributed by atoms with Crippen LogP contribution in [0.15, 0.2) is 24.3 Å². The number of benzene rings is 1. The predicted molar refractivity (Wildman–Crippen MR) is 82.2 cm³/mol. The van der Waals surface area contributed by atoms with Crippen LogP contribution in [0.3, 0.4) is 0 Å². The van der Waals surface area contributed by atoms with Gasteiger partial charge in [-0.15, -0.1) is 0 Å². The zero-order chi connectivity index (χ0) is 16.2. The van der Waals surface area contributed by atoms with Gasteiger partial charge in [-0.1, -0.05) is 12.1 Å². The first-order chi connectivity index (χ1) is 11.1. The molecule has 1 aromatic carbocycles. The largest absolute Gasteiger partial charge is 0.435 e. The van der Waals surface area contributed by atoms with Crippen LogP contribution in [-0.2, 0) is 11.3 Å². The Labute approximate surface area is 134 Å². The summed E-state index contributed by atoms with van der Waals surface area (Å²) in [5, 5.41) is 6.44. The molecule has 126 valence electrons. The number of nitrogens with one attached hydrogen (secondary N) is 2. The van der Waals surface area contributed by atoms with Crippen LogP contribution in [0.2, 0.25) is 0 Å². The van der Waals surface area contributed by atoms with Gasteiger partial charge >= 0.3 is 6.61 Å². The molecule has 0 aliphatic carbocycles. The molecule has 2 fully saturated rings. The Hall–Kier alpha value is -1.69. The van der Waals surface area contributed by atoms with Crippen LogP contribution in [0, 0.1) is 5.92 Å². The lowest BCUT2D eigenvalue weighted by Gasteiger charge is -2.28. The van der Waals surface area contributed by atoms with Crippen LogP contribution < -0.4 is 15.4 Å². The van der Waals surface area contributed by atoms with E-state index in [0.29, 0.717) is 31.0 Å². The molecule has 2 bridgehead atoms. The highest BCUT2D eigenvalue weighted by Crippen LogP contribution is 2.32. The van der Waals surface area contributed by atoms with E-state index in [2.05, 4.69) is 15.4 Å². The summed E-state index contributed by atoms with van der Waals surface area (Å²) in [6, 6.07) is 7.58.